The van der Waals surface area contributed by atoms with Gasteiger partial charge >= 0.3 is 11.9 Å². The molecule has 4 bridgehead atoms. The second kappa shape index (κ2) is 13.7. The molecule has 0 radical (unpaired) electrons. The predicted molar refractivity (Wildman–Crippen MR) is 235 cm³/mol. The van der Waals surface area contributed by atoms with Gasteiger partial charge in [0, 0.05) is 65.7 Å². The van der Waals surface area contributed by atoms with Crippen molar-refractivity contribution in [3.8, 4) is 23.0 Å². The number of benzene rings is 2. The Bertz CT molecular complexity index is 2700. The number of hydrogen-bond acceptors (Lipinski definition) is 14. The summed E-state index contributed by atoms with van der Waals surface area (Å²) in [7, 11) is 0. The molecule has 16 heteroatoms. The molecule has 0 unspecified atom stereocenters. The van der Waals surface area contributed by atoms with Crippen molar-refractivity contribution < 1.29 is 57.1 Å². The minimum Gasteiger partial charge on any atom is -0.477 e. The summed E-state index contributed by atoms with van der Waals surface area (Å²) >= 11 is 1.36. The summed E-state index contributed by atoms with van der Waals surface area (Å²) in [6.07, 6.45) is 4.97. The molecule has 0 amide bonds. The van der Waals surface area contributed by atoms with Crippen LogP contribution in [0, 0.1) is 22.1 Å². The third-order valence-electron chi connectivity index (χ3n) is 17.8. The van der Waals surface area contributed by atoms with E-state index in [1.165, 1.54) is 25.7 Å². The van der Waals surface area contributed by atoms with E-state index in [-0.39, 0.29) is 80.0 Å². The van der Waals surface area contributed by atoms with E-state index in [1.807, 2.05) is 12.1 Å². The molecule has 66 heavy (non-hydrogen) atoms. The summed E-state index contributed by atoms with van der Waals surface area (Å²) in [4.78, 5) is 59.8. The molecule has 4 saturated carbocycles. The molecule has 2 N–H and O–H groups in total. The van der Waals surface area contributed by atoms with E-state index >= 15 is 8.78 Å². The smallest absolute Gasteiger partial charge is 0.315 e. The van der Waals surface area contributed by atoms with Crippen molar-refractivity contribution in [1.29, 1.82) is 0 Å². The average Bonchev–Trinajstić information content (AvgIpc) is 4.17. The van der Waals surface area contributed by atoms with Crippen LogP contribution in [0.3, 0.4) is 0 Å². The van der Waals surface area contributed by atoms with E-state index in [2.05, 4.69) is 9.80 Å². The number of halogens is 2. The summed E-state index contributed by atoms with van der Waals surface area (Å²) in [5.74, 6) is 0.0450. The maximum Gasteiger partial charge on any atom is 0.315 e. The van der Waals surface area contributed by atoms with E-state index < -0.39 is 69.3 Å². The molecule has 10 aliphatic rings. The molecule has 2 aromatic carbocycles. The van der Waals surface area contributed by atoms with Gasteiger partial charge in [0.15, 0.2) is 57.0 Å². The highest BCUT2D eigenvalue weighted by Gasteiger charge is 2.75. The van der Waals surface area contributed by atoms with E-state index in [0.29, 0.717) is 86.1 Å². The normalized spacial score (nSPS) is 34.5. The van der Waals surface area contributed by atoms with Crippen molar-refractivity contribution in [2.45, 2.75) is 136 Å². The van der Waals surface area contributed by atoms with E-state index in [4.69, 9.17) is 18.9 Å². The Morgan fingerprint density at radius 1 is 0.682 bits per heavy atom. The summed E-state index contributed by atoms with van der Waals surface area (Å²) in [5, 5.41) is 24.0. The lowest BCUT2D eigenvalue weighted by molar-refractivity contribution is -0.188. The van der Waals surface area contributed by atoms with Crippen LogP contribution in [0.4, 0.5) is 8.78 Å². The predicted octanol–water partition coefficient (Wildman–Crippen LogP) is 5.80. The van der Waals surface area contributed by atoms with Gasteiger partial charge in [-0.1, -0.05) is 34.8 Å². The first kappa shape index (κ1) is 40.7. The molecular weight excluding hydrogens is 891 g/mol. The molecule has 4 aromatic rings. The standard InChI is InChI=1S/C50H48F2N2O10S2/c51-44-27(19-35(57)61-31-7-5-25-17-33-49(59)11-9-29(55)42-47(49,38(25)40(31)63-42)13-15-53(33)21-23-1-2-23)37-28(45(52)66-46(37)65-44)20-36(58)62-32-8-6-26-18-34-50(60)12-10-30(56)43-48(50,39(26)41(32)64-43)14-16-54(34)22-24-3-4-24/h5-8,23-24,33-34,42-43,59-60H,1-4,9-22H2/t33-,34-,42+,43+,47+,48+,49-,50-/m1/s1. The number of piperidine rings is 2. The Kier molecular flexibility index (Phi) is 8.44. The van der Waals surface area contributed by atoms with Crippen LogP contribution in [-0.4, -0.2) is 105 Å². The summed E-state index contributed by atoms with van der Waals surface area (Å²) in [6, 6.07) is 6.70. The lowest BCUT2D eigenvalue weighted by Crippen LogP contribution is -2.76. The van der Waals surface area contributed by atoms with Crippen LogP contribution in [0.5, 0.6) is 23.0 Å². The van der Waals surface area contributed by atoms with Gasteiger partial charge in [-0.2, -0.15) is 8.78 Å². The van der Waals surface area contributed by atoms with Crippen LogP contribution in [-0.2, 0) is 55.7 Å². The van der Waals surface area contributed by atoms with Gasteiger partial charge in [-0.15, -0.1) is 0 Å². The summed E-state index contributed by atoms with van der Waals surface area (Å²) in [5.41, 5.74) is -1.21. The minimum absolute atomic E-state index is 0.0722. The molecule has 12 nitrogen and oxygen atoms in total. The molecule has 2 aromatic heterocycles. The molecule has 6 fully saturated rings. The first-order valence-electron chi connectivity index (χ1n) is 23.7. The number of carbonyl (C=O) groups is 4. The number of hydrogen-bond donors (Lipinski definition) is 2. The lowest BCUT2D eigenvalue weighted by atomic mass is 9.49. The fraction of sp³-hybridized carbons (Fsp3) is 0.560. The largest absolute Gasteiger partial charge is 0.477 e. The summed E-state index contributed by atoms with van der Waals surface area (Å²) in [6.45, 7) is 3.27. The fourth-order valence-electron chi connectivity index (χ4n) is 14.6. The van der Waals surface area contributed by atoms with E-state index in [9.17, 15) is 29.4 Å². The third-order valence-corrected chi connectivity index (χ3v) is 20.0. The Morgan fingerprint density at radius 3 is 1.55 bits per heavy atom. The molecule has 14 rings (SSSR count). The minimum atomic E-state index is -1.20. The van der Waals surface area contributed by atoms with Crippen LogP contribution >= 0.6 is 22.7 Å². The molecule has 8 atom stereocenters. The van der Waals surface area contributed by atoms with Gasteiger partial charge in [0.1, 0.15) is 0 Å². The first-order chi connectivity index (χ1) is 31.8. The van der Waals surface area contributed by atoms with E-state index in [0.717, 1.165) is 35.3 Å². The van der Waals surface area contributed by atoms with Gasteiger partial charge in [-0.3, -0.25) is 29.0 Å². The highest BCUT2D eigenvalue weighted by Crippen LogP contribution is 2.67. The monoisotopic (exact) mass is 938 g/mol. The summed E-state index contributed by atoms with van der Waals surface area (Å²) < 4.78 is 56.8. The molecular formula is C50H48F2N2O10S2. The van der Waals surface area contributed by atoms with Crippen molar-refractivity contribution in [1.82, 2.24) is 9.80 Å². The SMILES string of the molecule is O=C(Cc1c(F)sc2sc(F)c(CC(=O)Oc3ccc4c5c3O[C@H]3C(=O)CC[C@@]6(O)[C@@H](C4)N(CC4CC4)CC[C@]536)c12)Oc1ccc2c3c1O[C@H]1C(=O)CC[C@@]4(O)[C@@H](C2)N(CC2CC2)CC[C@]314. The highest BCUT2D eigenvalue weighted by atomic mass is 32.2. The number of likely N-dealkylation sites (tertiary alicyclic amines) is 2. The number of ether oxygens (including phenoxy) is 4. The number of carbonyl (C=O) groups excluding carboxylic acids is 4. The number of ketones is 2. The highest BCUT2D eigenvalue weighted by molar-refractivity contribution is 7.37. The van der Waals surface area contributed by atoms with Crippen molar-refractivity contribution in [3.63, 3.8) is 0 Å². The van der Waals surface area contributed by atoms with Crippen molar-refractivity contribution >= 4 is 55.6 Å². The molecule has 4 aliphatic heterocycles. The number of esters is 2. The Hall–Kier alpha value is -4.32. The number of Topliss-reactive ketones (excluding diaryl/α,β-unsaturated/α-hetero) is 2. The number of nitrogens with zero attached hydrogens (tertiary/aromatic N) is 2. The van der Waals surface area contributed by atoms with Crippen LogP contribution in [0.25, 0.3) is 9.40 Å². The molecule has 2 saturated heterocycles. The number of aliphatic hydroxyl groups is 2. The van der Waals surface area contributed by atoms with Gasteiger partial charge in [0.25, 0.3) is 0 Å². The first-order valence-corrected chi connectivity index (χ1v) is 25.4. The number of thiophene rings is 2. The van der Waals surface area contributed by atoms with Gasteiger partial charge < -0.3 is 29.2 Å². The van der Waals surface area contributed by atoms with Gasteiger partial charge in [-0.25, -0.2) is 0 Å². The van der Waals surface area contributed by atoms with Crippen LogP contribution < -0.4 is 18.9 Å². The molecule has 2 spiro atoms. The second-order valence-corrected chi connectivity index (χ2v) is 23.3. The van der Waals surface area contributed by atoms with Gasteiger partial charge in [0.05, 0.1) is 38.9 Å². The zero-order chi connectivity index (χ0) is 44.8. The topological polar surface area (TPSA) is 152 Å². The number of fused-ring (bicyclic) bond motifs is 1. The maximum atomic E-state index is 15.8. The Balaban J connectivity index is 0.737. The molecule has 6 heterocycles. The average molecular weight is 939 g/mol. The lowest BCUT2D eigenvalue weighted by Gasteiger charge is -2.62. The van der Waals surface area contributed by atoms with Gasteiger partial charge in [-0.05, 0) is 112 Å². The number of rotatable bonds is 10. The third kappa shape index (κ3) is 5.26. The zero-order valence-electron chi connectivity index (χ0n) is 36.1. The van der Waals surface area contributed by atoms with E-state index in [1.54, 1.807) is 12.1 Å². The molecule has 344 valence electrons. The van der Waals surface area contributed by atoms with Crippen LogP contribution in [0.1, 0.15) is 97.6 Å². The van der Waals surface area contributed by atoms with Crippen LogP contribution in [0.2, 0.25) is 0 Å². The second-order valence-electron chi connectivity index (χ2n) is 21.1. The quantitative estimate of drug-likeness (QED) is 0.146. The van der Waals surface area contributed by atoms with Gasteiger partial charge in [0.2, 0.25) is 0 Å². The zero-order valence-corrected chi connectivity index (χ0v) is 37.8. The fourth-order valence-corrected chi connectivity index (χ4v) is 16.8. The molecule has 6 aliphatic carbocycles. The van der Waals surface area contributed by atoms with Crippen LogP contribution in [0.15, 0.2) is 24.3 Å². The van der Waals surface area contributed by atoms with Crippen molar-refractivity contribution in [2.75, 3.05) is 26.2 Å². The van der Waals surface area contributed by atoms with Crippen molar-refractivity contribution in [3.05, 3.63) is 67.9 Å². The maximum absolute atomic E-state index is 15.8. The van der Waals surface area contributed by atoms with Crippen molar-refractivity contribution in [2.24, 2.45) is 11.8 Å². The Labute approximate surface area is 386 Å². The Morgan fingerprint density at radius 2 is 1.12 bits per heavy atom.